The Morgan fingerprint density at radius 3 is 2.40 bits per heavy atom. The van der Waals surface area contributed by atoms with Gasteiger partial charge in [-0.15, -0.1) is 0 Å². The van der Waals surface area contributed by atoms with E-state index in [4.69, 9.17) is 4.74 Å². The first-order valence-electron chi connectivity index (χ1n) is 8.75. The minimum Gasteiger partial charge on any atom is -0.377 e. The fourth-order valence-electron chi connectivity index (χ4n) is 3.06. The van der Waals surface area contributed by atoms with E-state index in [1.165, 1.54) is 38.5 Å². The minimum atomic E-state index is 0.284. The van der Waals surface area contributed by atoms with Crippen LogP contribution in [0.2, 0.25) is 0 Å². The number of hydrogen-bond acceptors (Lipinski definition) is 2. The number of ether oxygens (including phenoxy) is 1. The summed E-state index contributed by atoms with van der Waals surface area (Å²) in [5.74, 6) is 0.635. The number of nitrogens with one attached hydrogen (secondary N) is 1. The zero-order chi connectivity index (χ0) is 15.2. The van der Waals surface area contributed by atoms with Crippen LogP contribution >= 0.6 is 0 Å². The van der Waals surface area contributed by atoms with Gasteiger partial charge in [0.1, 0.15) is 0 Å². The van der Waals surface area contributed by atoms with Crippen LogP contribution in [0.25, 0.3) is 0 Å². The maximum atomic E-state index is 6.04. The molecule has 0 aliphatic heterocycles. The van der Waals surface area contributed by atoms with Crippen molar-refractivity contribution >= 4 is 0 Å². The summed E-state index contributed by atoms with van der Waals surface area (Å²) in [6, 6.07) is 1.27. The van der Waals surface area contributed by atoms with Gasteiger partial charge in [0.15, 0.2) is 0 Å². The predicted molar refractivity (Wildman–Crippen MR) is 88.1 cm³/mol. The summed E-state index contributed by atoms with van der Waals surface area (Å²) in [4.78, 5) is 0. The molecule has 120 valence electrons. The van der Waals surface area contributed by atoms with Crippen molar-refractivity contribution in [3.8, 4) is 0 Å². The molecule has 1 aliphatic carbocycles. The van der Waals surface area contributed by atoms with Crippen LogP contribution in [0.1, 0.15) is 80.1 Å². The molecule has 1 aliphatic rings. The summed E-state index contributed by atoms with van der Waals surface area (Å²) >= 11 is 0. The van der Waals surface area contributed by atoms with Crippen molar-refractivity contribution in [3.05, 3.63) is 0 Å². The Balaban J connectivity index is 2.22. The molecule has 0 heterocycles. The smallest absolute Gasteiger partial charge is 0.0656 e. The summed E-state index contributed by atoms with van der Waals surface area (Å²) in [7, 11) is 0. The number of unbranched alkanes of at least 4 members (excludes halogenated alkanes) is 3. The highest BCUT2D eigenvalue weighted by Crippen LogP contribution is 2.43. The lowest BCUT2D eigenvalue weighted by atomic mass is 9.64. The van der Waals surface area contributed by atoms with E-state index >= 15 is 0 Å². The average Bonchev–Trinajstić information content (AvgIpc) is 2.37. The molecular weight excluding hydrogens is 246 g/mol. The Hall–Kier alpha value is -0.0800. The molecule has 0 aromatic heterocycles. The molecule has 3 atom stereocenters. The van der Waals surface area contributed by atoms with Gasteiger partial charge in [0.2, 0.25) is 0 Å². The third-order valence-corrected chi connectivity index (χ3v) is 4.78. The molecule has 0 bridgehead atoms. The van der Waals surface area contributed by atoms with E-state index < -0.39 is 0 Å². The lowest BCUT2D eigenvalue weighted by Crippen LogP contribution is -2.62. The van der Waals surface area contributed by atoms with Crippen molar-refractivity contribution in [1.29, 1.82) is 0 Å². The lowest BCUT2D eigenvalue weighted by molar-refractivity contribution is -0.125. The van der Waals surface area contributed by atoms with Gasteiger partial charge in [0, 0.05) is 24.1 Å². The van der Waals surface area contributed by atoms with Gasteiger partial charge >= 0.3 is 0 Å². The first kappa shape index (κ1) is 18.0. The highest BCUT2D eigenvalue weighted by molar-refractivity contribution is 5.03. The quantitative estimate of drug-likeness (QED) is 0.583. The highest BCUT2D eigenvalue weighted by Gasteiger charge is 2.49. The Morgan fingerprint density at radius 2 is 1.85 bits per heavy atom. The van der Waals surface area contributed by atoms with Gasteiger partial charge in [0.25, 0.3) is 0 Å². The zero-order valence-electron chi connectivity index (χ0n) is 14.7. The Bertz CT molecular complexity index is 262. The van der Waals surface area contributed by atoms with E-state index in [0.717, 1.165) is 6.61 Å². The van der Waals surface area contributed by atoms with E-state index in [9.17, 15) is 0 Å². The largest absolute Gasteiger partial charge is 0.377 e. The molecule has 1 saturated carbocycles. The van der Waals surface area contributed by atoms with Crippen molar-refractivity contribution in [2.75, 3.05) is 6.61 Å². The summed E-state index contributed by atoms with van der Waals surface area (Å²) in [5, 5.41) is 3.82. The average molecular weight is 284 g/mol. The summed E-state index contributed by atoms with van der Waals surface area (Å²) in [6.07, 6.45) is 8.39. The third kappa shape index (κ3) is 5.37. The molecule has 3 unspecified atom stereocenters. The van der Waals surface area contributed by atoms with Crippen LogP contribution in [0.15, 0.2) is 0 Å². The predicted octanol–water partition coefficient (Wildman–Crippen LogP) is 4.77. The molecule has 0 saturated heterocycles. The Labute approximate surface area is 127 Å². The molecule has 1 N–H and O–H groups in total. The van der Waals surface area contributed by atoms with E-state index in [1.54, 1.807) is 0 Å². The van der Waals surface area contributed by atoms with E-state index in [0.29, 0.717) is 24.1 Å². The van der Waals surface area contributed by atoms with Crippen LogP contribution in [0.3, 0.4) is 0 Å². The van der Waals surface area contributed by atoms with Crippen molar-refractivity contribution in [2.45, 2.75) is 98.3 Å². The molecule has 0 aromatic carbocycles. The van der Waals surface area contributed by atoms with Gasteiger partial charge in [0.05, 0.1) is 6.10 Å². The highest BCUT2D eigenvalue weighted by atomic mass is 16.5. The molecule has 0 aromatic rings. The molecule has 0 radical (unpaired) electrons. The van der Waals surface area contributed by atoms with Gasteiger partial charge in [-0.05, 0) is 25.7 Å². The normalized spacial score (nSPS) is 26.6. The zero-order valence-corrected chi connectivity index (χ0v) is 14.7. The monoisotopic (exact) mass is 283 g/mol. The molecule has 0 spiro atoms. The first-order chi connectivity index (χ1) is 9.37. The van der Waals surface area contributed by atoms with Gasteiger partial charge in [-0.1, -0.05) is 60.3 Å². The topological polar surface area (TPSA) is 21.3 Å². The fourth-order valence-corrected chi connectivity index (χ4v) is 3.06. The molecular formula is C18H37NO. The molecule has 1 fully saturated rings. The lowest BCUT2D eigenvalue weighted by Gasteiger charge is -2.53. The maximum absolute atomic E-state index is 6.04. The Kier molecular flexibility index (Phi) is 7.53. The van der Waals surface area contributed by atoms with Crippen molar-refractivity contribution in [1.82, 2.24) is 5.32 Å². The number of hydrogen-bond donors (Lipinski definition) is 1. The second-order valence-electron chi connectivity index (χ2n) is 7.74. The summed E-state index contributed by atoms with van der Waals surface area (Å²) < 4.78 is 6.04. The van der Waals surface area contributed by atoms with E-state index in [1.807, 2.05) is 0 Å². The van der Waals surface area contributed by atoms with Crippen molar-refractivity contribution in [2.24, 2.45) is 11.3 Å². The van der Waals surface area contributed by atoms with Gasteiger partial charge < -0.3 is 10.1 Å². The molecule has 1 rings (SSSR count). The van der Waals surface area contributed by atoms with Crippen molar-refractivity contribution < 1.29 is 4.74 Å². The molecule has 2 heteroatoms. The van der Waals surface area contributed by atoms with E-state index in [-0.39, 0.29) is 5.41 Å². The van der Waals surface area contributed by atoms with Gasteiger partial charge in [-0.25, -0.2) is 0 Å². The van der Waals surface area contributed by atoms with Crippen LogP contribution in [-0.2, 0) is 4.74 Å². The SMILES string of the molecule is CCCCCCC(C)NC1CC(OCC(C)C)C1(C)C. The van der Waals surface area contributed by atoms with Gasteiger partial charge in [-0.2, -0.15) is 0 Å². The molecule has 2 nitrogen and oxygen atoms in total. The van der Waals surface area contributed by atoms with Crippen LogP contribution in [0.4, 0.5) is 0 Å². The van der Waals surface area contributed by atoms with Crippen LogP contribution < -0.4 is 5.32 Å². The number of rotatable bonds is 10. The van der Waals surface area contributed by atoms with Gasteiger partial charge in [-0.3, -0.25) is 0 Å². The summed E-state index contributed by atoms with van der Waals surface area (Å²) in [6.45, 7) is 14.7. The summed E-state index contributed by atoms with van der Waals surface area (Å²) in [5.41, 5.74) is 0.284. The minimum absolute atomic E-state index is 0.284. The second-order valence-corrected chi connectivity index (χ2v) is 7.74. The second kappa shape index (κ2) is 8.38. The maximum Gasteiger partial charge on any atom is 0.0656 e. The standard InChI is InChI=1S/C18H37NO/c1-7-8-9-10-11-15(4)19-16-12-17(18(16,5)6)20-13-14(2)3/h14-17,19H,7-13H2,1-6H3. The third-order valence-electron chi connectivity index (χ3n) is 4.78. The first-order valence-corrected chi connectivity index (χ1v) is 8.75. The Morgan fingerprint density at radius 1 is 1.15 bits per heavy atom. The van der Waals surface area contributed by atoms with Crippen LogP contribution in [0, 0.1) is 11.3 Å². The van der Waals surface area contributed by atoms with E-state index in [2.05, 4.69) is 46.9 Å². The fraction of sp³-hybridized carbons (Fsp3) is 1.00. The van der Waals surface area contributed by atoms with Crippen LogP contribution in [0.5, 0.6) is 0 Å². The molecule has 0 amide bonds. The van der Waals surface area contributed by atoms with Crippen LogP contribution in [-0.4, -0.2) is 24.8 Å². The molecule has 20 heavy (non-hydrogen) atoms. The van der Waals surface area contributed by atoms with Crippen molar-refractivity contribution in [3.63, 3.8) is 0 Å².